The predicted molar refractivity (Wildman–Crippen MR) is 115 cm³/mol. The fourth-order valence-corrected chi connectivity index (χ4v) is 4.72. The zero-order chi connectivity index (χ0) is 22.3. The van der Waals surface area contributed by atoms with Crippen molar-refractivity contribution in [3.8, 4) is 5.75 Å². The number of carbonyl (C=O) groups excluding carboxylic acids is 1. The topological polar surface area (TPSA) is 82.3 Å². The molecule has 1 fully saturated rings. The van der Waals surface area contributed by atoms with E-state index in [1.807, 2.05) is 25.3 Å². The molecule has 0 spiro atoms. The molecule has 0 aliphatic carbocycles. The number of aromatic nitrogens is 1. The first-order valence-electron chi connectivity index (χ1n) is 9.59. The lowest BCUT2D eigenvalue weighted by molar-refractivity contribution is -0.139. The number of ether oxygens (including phenoxy) is 3. The van der Waals surface area contributed by atoms with Crippen molar-refractivity contribution in [2.45, 2.75) is 58.7 Å². The molecule has 30 heavy (non-hydrogen) atoms. The Bertz CT molecular complexity index is 1020. The van der Waals surface area contributed by atoms with Gasteiger partial charge in [-0.1, -0.05) is 22.9 Å². The second-order valence-electron chi connectivity index (χ2n) is 8.18. The van der Waals surface area contributed by atoms with Gasteiger partial charge >= 0.3 is 0 Å². The van der Waals surface area contributed by atoms with Crippen LogP contribution in [0.2, 0.25) is 5.02 Å². The summed E-state index contributed by atoms with van der Waals surface area (Å²) in [6.07, 6.45) is -0.197. The van der Waals surface area contributed by atoms with E-state index in [0.717, 1.165) is 10.6 Å². The quantitative estimate of drug-likeness (QED) is 0.745. The molecule has 1 N–H and O–H groups in total. The number of hydrogen-bond acceptors (Lipinski definition) is 6. The van der Waals surface area contributed by atoms with E-state index in [4.69, 9.17) is 25.8 Å². The summed E-state index contributed by atoms with van der Waals surface area (Å²) in [7, 11) is 1.49. The molecule has 164 valence electrons. The first-order chi connectivity index (χ1) is 13.9. The first-order valence-corrected chi connectivity index (χ1v) is 10.8. The number of rotatable bonds is 5. The molecule has 1 aliphatic heterocycles. The molecule has 1 atom stereocenters. The van der Waals surface area contributed by atoms with Gasteiger partial charge in [0.15, 0.2) is 10.6 Å². The molecule has 0 radical (unpaired) electrons. The Labute approximate surface area is 184 Å². The average molecular weight is 455 g/mol. The maximum absolute atomic E-state index is 13.0. The second-order valence-corrected chi connectivity index (χ2v) is 9.60. The lowest BCUT2D eigenvalue weighted by Crippen LogP contribution is -2.29. The normalized spacial score (nSPS) is 19.3. The monoisotopic (exact) mass is 454 g/mol. The van der Waals surface area contributed by atoms with Gasteiger partial charge in [-0.2, -0.15) is 4.99 Å². The Morgan fingerprint density at radius 3 is 2.73 bits per heavy atom. The number of methoxy groups -OCH3 is 1. The maximum atomic E-state index is 13.0. The molecule has 1 aromatic carbocycles. The number of amides is 1. The zero-order valence-electron chi connectivity index (χ0n) is 18.0. The molecule has 7 nitrogen and oxygen atoms in total. The van der Waals surface area contributed by atoms with E-state index in [2.05, 4.69) is 4.99 Å². The number of halogens is 1. The van der Waals surface area contributed by atoms with Crippen LogP contribution in [0.3, 0.4) is 0 Å². The van der Waals surface area contributed by atoms with E-state index in [9.17, 15) is 9.90 Å². The summed E-state index contributed by atoms with van der Waals surface area (Å²) >= 11 is 7.34. The fourth-order valence-electron chi connectivity index (χ4n) is 3.40. The molecule has 1 aliphatic rings. The SMILES string of the molecule is COc1ccc(Cl)cc1C(=O)N=c1sc(C(C)(C)O)c(C)n1C[C@@H]1COC(C)(C)O1. The highest BCUT2D eigenvalue weighted by molar-refractivity contribution is 7.09. The van der Waals surface area contributed by atoms with E-state index < -0.39 is 17.3 Å². The van der Waals surface area contributed by atoms with Crippen molar-refractivity contribution in [3.63, 3.8) is 0 Å². The highest BCUT2D eigenvalue weighted by Gasteiger charge is 2.34. The summed E-state index contributed by atoms with van der Waals surface area (Å²) < 4.78 is 18.8. The fraction of sp³-hybridized carbons (Fsp3) is 0.524. The van der Waals surface area contributed by atoms with Gasteiger partial charge in [-0.05, 0) is 52.8 Å². The molecular weight excluding hydrogens is 428 g/mol. The van der Waals surface area contributed by atoms with Crippen molar-refractivity contribution in [1.82, 2.24) is 4.57 Å². The van der Waals surface area contributed by atoms with Gasteiger partial charge in [-0.3, -0.25) is 4.79 Å². The number of aliphatic hydroxyl groups is 1. The summed E-state index contributed by atoms with van der Waals surface area (Å²) in [5.41, 5.74) is 0.0207. The van der Waals surface area contributed by atoms with Gasteiger partial charge in [0.25, 0.3) is 5.91 Å². The summed E-state index contributed by atoms with van der Waals surface area (Å²) in [6, 6.07) is 4.81. The van der Waals surface area contributed by atoms with Crippen LogP contribution in [0.25, 0.3) is 0 Å². The molecule has 0 unspecified atom stereocenters. The summed E-state index contributed by atoms with van der Waals surface area (Å²) in [4.78, 5) is 18.5. The van der Waals surface area contributed by atoms with Gasteiger partial charge in [-0.25, -0.2) is 0 Å². The number of benzene rings is 1. The van der Waals surface area contributed by atoms with Crippen molar-refractivity contribution in [3.05, 3.63) is 44.2 Å². The minimum atomic E-state index is -1.08. The Morgan fingerprint density at radius 2 is 2.17 bits per heavy atom. The van der Waals surface area contributed by atoms with Crippen LogP contribution < -0.4 is 9.54 Å². The highest BCUT2D eigenvalue weighted by Crippen LogP contribution is 2.29. The second kappa shape index (κ2) is 8.43. The minimum Gasteiger partial charge on any atom is -0.496 e. The molecule has 1 aromatic heterocycles. The third-order valence-electron chi connectivity index (χ3n) is 4.76. The third-order valence-corrected chi connectivity index (χ3v) is 6.48. The van der Waals surface area contributed by atoms with Crippen LogP contribution in [0.1, 0.15) is 48.6 Å². The standard InChI is InChI=1S/C21H27ClN2O5S/c1-12-17(20(2,3)26)30-19(24(12)10-14-11-28-21(4,5)29-14)23-18(25)15-9-13(22)7-8-16(15)27-6/h7-9,14,26H,10-11H2,1-6H3/t14-/m1/s1. The summed E-state index contributed by atoms with van der Waals surface area (Å²) in [5, 5.41) is 11.0. The molecule has 9 heteroatoms. The molecular formula is C21H27ClN2O5S. The number of hydrogen-bond donors (Lipinski definition) is 1. The van der Waals surface area contributed by atoms with Crippen molar-refractivity contribution in [1.29, 1.82) is 0 Å². The van der Waals surface area contributed by atoms with Crippen molar-refractivity contribution in [2.24, 2.45) is 4.99 Å². The van der Waals surface area contributed by atoms with Gasteiger partial charge in [0.2, 0.25) is 0 Å². The maximum Gasteiger partial charge on any atom is 0.283 e. The van der Waals surface area contributed by atoms with Crippen LogP contribution >= 0.6 is 22.9 Å². The Hall–Kier alpha value is -1.71. The summed E-state index contributed by atoms with van der Waals surface area (Å²) in [6.45, 7) is 9.92. The largest absolute Gasteiger partial charge is 0.496 e. The van der Waals surface area contributed by atoms with Crippen molar-refractivity contribution < 1.29 is 24.1 Å². The average Bonchev–Trinajstić information content (AvgIpc) is 3.15. The minimum absolute atomic E-state index is 0.197. The number of nitrogens with zero attached hydrogens (tertiary/aromatic N) is 2. The molecule has 2 heterocycles. The van der Waals surface area contributed by atoms with E-state index in [-0.39, 0.29) is 11.7 Å². The van der Waals surface area contributed by atoms with Crippen LogP contribution in [-0.2, 0) is 21.6 Å². The van der Waals surface area contributed by atoms with Gasteiger partial charge in [0.05, 0.1) is 36.3 Å². The Morgan fingerprint density at radius 1 is 1.47 bits per heavy atom. The Balaban J connectivity index is 2.07. The third kappa shape index (κ3) is 4.95. The van der Waals surface area contributed by atoms with E-state index in [0.29, 0.717) is 28.7 Å². The molecule has 3 rings (SSSR count). The molecule has 0 saturated carbocycles. The van der Waals surface area contributed by atoms with Gasteiger partial charge in [-0.15, -0.1) is 0 Å². The molecule has 2 aromatic rings. The van der Waals surface area contributed by atoms with Gasteiger partial charge in [0, 0.05) is 10.7 Å². The Kier molecular flexibility index (Phi) is 6.46. The van der Waals surface area contributed by atoms with E-state index in [1.165, 1.54) is 24.5 Å². The van der Waals surface area contributed by atoms with Gasteiger partial charge < -0.3 is 23.9 Å². The van der Waals surface area contributed by atoms with Crippen LogP contribution in [0.5, 0.6) is 5.75 Å². The van der Waals surface area contributed by atoms with Crippen molar-refractivity contribution in [2.75, 3.05) is 13.7 Å². The van der Waals surface area contributed by atoms with E-state index >= 15 is 0 Å². The van der Waals surface area contributed by atoms with Crippen molar-refractivity contribution >= 4 is 28.8 Å². The van der Waals surface area contributed by atoms with Gasteiger partial charge in [0.1, 0.15) is 11.9 Å². The van der Waals surface area contributed by atoms with Crippen LogP contribution in [0, 0.1) is 6.92 Å². The smallest absolute Gasteiger partial charge is 0.283 e. The highest BCUT2D eigenvalue weighted by atomic mass is 35.5. The lowest BCUT2D eigenvalue weighted by Gasteiger charge is -2.19. The van der Waals surface area contributed by atoms with Crippen LogP contribution in [0.4, 0.5) is 0 Å². The number of carbonyl (C=O) groups is 1. The predicted octanol–water partition coefficient (Wildman–Crippen LogP) is 3.64. The number of thiazole rings is 1. The summed E-state index contributed by atoms with van der Waals surface area (Å²) in [5.74, 6) is -0.740. The zero-order valence-corrected chi connectivity index (χ0v) is 19.6. The molecule has 1 amide bonds. The van der Waals surface area contributed by atoms with Crippen LogP contribution in [0.15, 0.2) is 23.2 Å². The first kappa shape index (κ1) is 23.0. The van der Waals surface area contributed by atoms with Crippen LogP contribution in [-0.4, -0.2) is 41.2 Å². The molecule has 0 bridgehead atoms. The van der Waals surface area contributed by atoms with E-state index in [1.54, 1.807) is 26.0 Å². The molecule has 1 saturated heterocycles. The lowest BCUT2D eigenvalue weighted by atomic mass is 10.1.